The van der Waals surface area contributed by atoms with E-state index < -0.39 is 0 Å². The molecule has 0 aliphatic heterocycles. The molecule has 0 aliphatic rings. The number of carbonyl (C=O) groups is 1. The lowest BCUT2D eigenvalue weighted by atomic mass is 9.78. The van der Waals surface area contributed by atoms with Gasteiger partial charge >= 0.3 is 5.97 Å². The zero-order valence-corrected chi connectivity index (χ0v) is 27.8. The van der Waals surface area contributed by atoms with Gasteiger partial charge in [0.05, 0.1) is 6.61 Å². The lowest BCUT2D eigenvalue weighted by molar-refractivity contribution is -0.137. The molecular formula is C46H42O2. The first-order valence-corrected chi connectivity index (χ1v) is 17.0. The van der Waals surface area contributed by atoms with Crippen molar-refractivity contribution in [2.75, 3.05) is 6.61 Å². The summed E-state index contributed by atoms with van der Waals surface area (Å²) < 4.78 is 5.13. The number of allylic oxidation sites excluding steroid dienone is 1. The molecule has 238 valence electrons. The van der Waals surface area contributed by atoms with Crippen molar-refractivity contribution in [3.05, 3.63) is 164 Å². The van der Waals surface area contributed by atoms with Crippen LogP contribution < -0.4 is 0 Å². The van der Waals surface area contributed by atoms with Crippen LogP contribution in [0, 0.1) is 0 Å². The highest BCUT2D eigenvalue weighted by atomic mass is 16.5. The SMILES string of the molecule is C=CC(=O)OCCCCCc1ccc(-c2c(-c3ccccc3)c(-c3ccccc3)c(-c3ccc(C(=C)CC)cc3)c3ccccc23)cc1. The Bertz CT molecular complexity index is 2020. The van der Waals surface area contributed by atoms with Crippen LogP contribution in [0.3, 0.4) is 0 Å². The first-order valence-electron chi connectivity index (χ1n) is 17.0. The number of esters is 1. The molecule has 0 unspecified atom stereocenters. The molecule has 6 aromatic rings. The molecule has 0 N–H and O–H groups in total. The highest BCUT2D eigenvalue weighted by Gasteiger charge is 2.23. The van der Waals surface area contributed by atoms with Gasteiger partial charge in [-0.05, 0) is 104 Å². The summed E-state index contributed by atoms with van der Waals surface area (Å²) in [5.74, 6) is -0.354. The molecule has 0 aromatic heterocycles. The van der Waals surface area contributed by atoms with E-state index in [-0.39, 0.29) is 5.97 Å². The number of ether oxygens (including phenoxy) is 1. The number of unbranched alkanes of at least 4 members (excludes halogenated alkanes) is 2. The van der Waals surface area contributed by atoms with Crippen molar-refractivity contribution in [3.63, 3.8) is 0 Å². The van der Waals surface area contributed by atoms with Gasteiger partial charge in [-0.25, -0.2) is 4.79 Å². The summed E-state index contributed by atoms with van der Waals surface area (Å²) in [6, 6.07) is 48.6. The molecule has 0 fully saturated rings. The molecule has 0 heterocycles. The molecule has 6 rings (SSSR count). The van der Waals surface area contributed by atoms with Crippen molar-refractivity contribution >= 4 is 22.3 Å². The number of hydrogen-bond donors (Lipinski definition) is 0. The molecule has 0 amide bonds. The third-order valence-electron chi connectivity index (χ3n) is 9.11. The average molecular weight is 627 g/mol. The van der Waals surface area contributed by atoms with E-state index in [1.807, 2.05) is 0 Å². The minimum atomic E-state index is -0.354. The monoisotopic (exact) mass is 626 g/mol. The molecule has 0 atom stereocenters. The number of rotatable bonds is 13. The van der Waals surface area contributed by atoms with Crippen molar-refractivity contribution in [2.24, 2.45) is 0 Å². The minimum absolute atomic E-state index is 0.354. The third-order valence-corrected chi connectivity index (χ3v) is 9.11. The predicted octanol–water partition coefficient (Wildman–Crippen LogP) is 12.4. The number of carbonyl (C=O) groups excluding carboxylic acids is 1. The van der Waals surface area contributed by atoms with Crippen LogP contribution in [0.1, 0.15) is 43.7 Å². The van der Waals surface area contributed by atoms with Gasteiger partial charge < -0.3 is 4.74 Å². The second-order valence-corrected chi connectivity index (χ2v) is 12.2. The second kappa shape index (κ2) is 15.4. The van der Waals surface area contributed by atoms with Crippen LogP contribution in [0.2, 0.25) is 0 Å². The van der Waals surface area contributed by atoms with Gasteiger partial charge in [0.25, 0.3) is 0 Å². The highest BCUT2D eigenvalue weighted by molar-refractivity contribution is 6.18. The van der Waals surface area contributed by atoms with Crippen LogP contribution in [0.25, 0.3) is 60.9 Å². The predicted molar refractivity (Wildman–Crippen MR) is 204 cm³/mol. The van der Waals surface area contributed by atoms with Crippen molar-refractivity contribution in [2.45, 2.75) is 39.0 Å². The maximum atomic E-state index is 11.3. The molecule has 2 heteroatoms. The molecule has 48 heavy (non-hydrogen) atoms. The maximum Gasteiger partial charge on any atom is 0.330 e. The standard InChI is InChI=1S/C46H42O2/c1-4-33(3)35-28-30-39(31-29-35)44-41-23-15-14-22-40(41)43(38-26-24-34(25-27-38)17-9-8-16-32-48-42(47)5-2)45(36-18-10-6-11-19-36)46(44)37-20-12-7-13-21-37/h5-7,10-15,18-31H,2-4,8-9,16-17,32H2,1H3. The van der Waals surface area contributed by atoms with Gasteiger partial charge in [0.15, 0.2) is 0 Å². The smallest absolute Gasteiger partial charge is 0.330 e. The van der Waals surface area contributed by atoms with Crippen LogP contribution >= 0.6 is 0 Å². The van der Waals surface area contributed by atoms with E-state index in [1.165, 1.54) is 72.5 Å². The zero-order chi connectivity index (χ0) is 33.3. The van der Waals surface area contributed by atoms with Gasteiger partial charge in [0, 0.05) is 6.08 Å². The van der Waals surface area contributed by atoms with Crippen molar-refractivity contribution in [1.29, 1.82) is 0 Å². The Morgan fingerprint density at radius 1 is 0.583 bits per heavy atom. The van der Waals surface area contributed by atoms with Crippen LogP contribution in [-0.4, -0.2) is 12.6 Å². The molecule has 0 saturated heterocycles. The van der Waals surface area contributed by atoms with Gasteiger partial charge in [-0.1, -0.05) is 154 Å². The van der Waals surface area contributed by atoms with Gasteiger partial charge in [-0.3, -0.25) is 0 Å². The number of hydrogen-bond acceptors (Lipinski definition) is 2. The zero-order valence-electron chi connectivity index (χ0n) is 27.8. The second-order valence-electron chi connectivity index (χ2n) is 12.2. The lowest BCUT2D eigenvalue weighted by Gasteiger charge is -2.24. The first kappa shape index (κ1) is 32.5. The fourth-order valence-electron chi connectivity index (χ4n) is 6.58. The molecule has 0 spiro atoms. The van der Waals surface area contributed by atoms with Crippen molar-refractivity contribution in [3.8, 4) is 44.5 Å². The highest BCUT2D eigenvalue weighted by Crippen LogP contribution is 2.50. The Balaban J connectivity index is 1.50. The van der Waals surface area contributed by atoms with Gasteiger partial charge in [-0.15, -0.1) is 0 Å². The summed E-state index contributed by atoms with van der Waals surface area (Å²) in [4.78, 5) is 11.3. The molecular weight excluding hydrogens is 585 g/mol. The maximum absolute atomic E-state index is 11.3. The fourth-order valence-corrected chi connectivity index (χ4v) is 6.58. The molecule has 2 nitrogen and oxygen atoms in total. The third kappa shape index (κ3) is 7.09. The fraction of sp³-hybridized carbons (Fsp3) is 0.152. The summed E-state index contributed by atoms with van der Waals surface area (Å²) in [6.07, 6.45) is 6.03. The quantitative estimate of drug-likeness (QED) is 0.0724. The van der Waals surface area contributed by atoms with Crippen LogP contribution in [-0.2, 0) is 16.0 Å². The van der Waals surface area contributed by atoms with E-state index in [1.54, 1.807) is 0 Å². The lowest BCUT2D eigenvalue weighted by Crippen LogP contribution is -2.01. The minimum Gasteiger partial charge on any atom is -0.463 e. The Kier molecular flexibility index (Phi) is 10.4. The summed E-state index contributed by atoms with van der Waals surface area (Å²) >= 11 is 0. The van der Waals surface area contributed by atoms with Crippen molar-refractivity contribution in [1.82, 2.24) is 0 Å². The van der Waals surface area contributed by atoms with E-state index in [0.717, 1.165) is 37.7 Å². The molecule has 6 aromatic carbocycles. The van der Waals surface area contributed by atoms with E-state index in [2.05, 4.69) is 154 Å². The van der Waals surface area contributed by atoms with Crippen LogP contribution in [0.4, 0.5) is 0 Å². The Hall–Kier alpha value is -5.47. The van der Waals surface area contributed by atoms with Gasteiger partial charge in [0.1, 0.15) is 0 Å². The molecule has 0 bridgehead atoms. The van der Waals surface area contributed by atoms with E-state index in [4.69, 9.17) is 4.74 Å². The van der Waals surface area contributed by atoms with E-state index in [9.17, 15) is 4.79 Å². The molecule has 0 radical (unpaired) electrons. The number of benzene rings is 6. The number of aryl methyl sites for hydroxylation is 1. The Morgan fingerprint density at radius 2 is 1.06 bits per heavy atom. The summed E-state index contributed by atoms with van der Waals surface area (Å²) in [6.45, 7) is 10.3. The van der Waals surface area contributed by atoms with Gasteiger partial charge in [-0.2, -0.15) is 0 Å². The van der Waals surface area contributed by atoms with Crippen LogP contribution in [0.5, 0.6) is 0 Å². The Labute approximate surface area is 285 Å². The van der Waals surface area contributed by atoms with Crippen molar-refractivity contribution < 1.29 is 9.53 Å². The van der Waals surface area contributed by atoms with E-state index >= 15 is 0 Å². The summed E-state index contributed by atoms with van der Waals surface area (Å²) in [5, 5.41) is 2.46. The van der Waals surface area contributed by atoms with Gasteiger partial charge in [0.2, 0.25) is 0 Å². The first-order chi connectivity index (χ1) is 23.6. The van der Waals surface area contributed by atoms with E-state index in [0.29, 0.717) is 6.61 Å². The summed E-state index contributed by atoms with van der Waals surface area (Å²) in [5.41, 5.74) is 13.4. The normalized spacial score (nSPS) is 10.9. The summed E-state index contributed by atoms with van der Waals surface area (Å²) in [7, 11) is 0. The topological polar surface area (TPSA) is 26.3 Å². The molecule has 0 saturated carbocycles. The molecule has 0 aliphatic carbocycles. The van der Waals surface area contributed by atoms with Crippen LogP contribution in [0.15, 0.2) is 153 Å². The largest absolute Gasteiger partial charge is 0.463 e. The number of fused-ring (bicyclic) bond motifs is 1. The Morgan fingerprint density at radius 3 is 1.56 bits per heavy atom. The average Bonchev–Trinajstić information content (AvgIpc) is 3.15.